The number of benzene rings is 1. The summed E-state index contributed by atoms with van der Waals surface area (Å²) in [5, 5.41) is 0.454. The van der Waals surface area contributed by atoms with Gasteiger partial charge in [-0.25, -0.2) is 8.42 Å². The van der Waals surface area contributed by atoms with Gasteiger partial charge in [0.2, 0.25) is 0 Å². The zero-order valence-electron chi connectivity index (χ0n) is 8.06. The number of aryl methyl sites for hydroxylation is 2. The topological polar surface area (TPSA) is 34.1 Å². The molecule has 14 heavy (non-hydrogen) atoms. The third-order valence-electron chi connectivity index (χ3n) is 2.05. The first-order valence-corrected chi connectivity index (χ1v) is 6.65. The SMILES string of the molecule is Cc1cc(C)c(S(=O)(=O)Cl)c(C)c1Cl. The molecule has 2 nitrogen and oxygen atoms in total. The van der Waals surface area contributed by atoms with Crippen LogP contribution in [0.1, 0.15) is 16.7 Å². The summed E-state index contributed by atoms with van der Waals surface area (Å²) in [4.78, 5) is 0.120. The lowest BCUT2D eigenvalue weighted by atomic mass is 10.1. The molecule has 5 heteroatoms. The number of hydrogen-bond donors (Lipinski definition) is 0. The first-order chi connectivity index (χ1) is 6.25. The highest BCUT2D eigenvalue weighted by Crippen LogP contribution is 2.31. The minimum atomic E-state index is -3.72. The maximum atomic E-state index is 11.2. The fourth-order valence-electron chi connectivity index (χ4n) is 1.52. The van der Waals surface area contributed by atoms with Crippen molar-refractivity contribution >= 4 is 31.3 Å². The molecule has 0 saturated heterocycles. The molecule has 0 fully saturated rings. The monoisotopic (exact) mass is 252 g/mol. The van der Waals surface area contributed by atoms with Gasteiger partial charge in [-0.2, -0.15) is 0 Å². The van der Waals surface area contributed by atoms with Gasteiger partial charge in [0, 0.05) is 15.7 Å². The van der Waals surface area contributed by atoms with Crippen LogP contribution < -0.4 is 0 Å². The van der Waals surface area contributed by atoms with Gasteiger partial charge in [0.05, 0.1) is 4.90 Å². The van der Waals surface area contributed by atoms with E-state index in [1.165, 1.54) is 0 Å². The second kappa shape index (κ2) is 3.72. The van der Waals surface area contributed by atoms with Crippen LogP contribution in [0.25, 0.3) is 0 Å². The lowest BCUT2D eigenvalue weighted by Gasteiger charge is -2.10. The summed E-state index contributed by atoms with van der Waals surface area (Å²) in [7, 11) is 1.59. The third-order valence-corrected chi connectivity index (χ3v) is 4.21. The smallest absolute Gasteiger partial charge is 0.207 e. The predicted molar refractivity (Wildman–Crippen MR) is 58.7 cm³/mol. The Bertz CT molecular complexity index is 478. The number of rotatable bonds is 1. The van der Waals surface area contributed by atoms with Gasteiger partial charge >= 0.3 is 0 Å². The molecule has 0 aliphatic heterocycles. The fraction of sp³-hybridized carbons (Fsp3) is 0.333. The summed E-state index contributed by atoms with van der Waals surface area (Å²) < 4.78 is 22.5. The Labute approximate surface area is 93.3 Å². The van der Waals surface area contributed by atoms with E-state index in [0.717, 1.165) is 5.56 Å². The largest absolute Gasteiger partial charge is 0.261 e. The van der Waals surface area contributed by atoms with E-state index in [4.69, 9.17) is 22.3 Å². The quantitative estimate of drug-likeness (QED) is 0.720. The van der Waals surface area contributed by atoms with Crippen molar-refractivity contribution in [3.63, 3.8) is 0 Å². The van der Waals surface area contributed by atoms with Crippen LogP contribution in [0.5, 0.6) is 0 Å². The second-order valence-electron chi connectivity index (χ2n) is 3.22. The molecule has 0 spiro atoms. The zero-order valence-corrected chi connectivity index (χ0v) is 10.4. The Morgan fingerprint density at radius 3 is 2.07 bits per heavy atom. The molecule has 0 aliphatic rings. The molecule has 0 amide bonds. The average Bonchev–Trinajstić information content (AvgIpc) is 1.97. The molecule has 0 atom stereocenters. The summed E-state index contributed by atoms with van der Waals surface area (Å²) >= 11 is 5.94. The Balaban J connectivity index is 3.70. The summed E-state index contributed by atoms with van der Waals surface area (Å²) in [6, 6.07) is 1.71. The molecule has 78 valence electrons. The third kappa shape index (κ3) is 2.05. The molecule has 0 unspecified atom stereocenters. The van der Waals surface area contributed by atoms with E-state index in [0.29, 0.717) is 16.1 Å². The van der Waals surface area contributed by atoms with Crippen LogP contribution in [0.3, 0.4) is 0 Å². The summed E-state index contributed by atoms with van der Waals surface area (Å²) in [5.41, 5.74) is 1.99. The van der Waals surface area contributed by atoms with Gasteiger partial charge in [0.15, 0.2) is 0 Å². The van der Waals surface area contributed by atoms with Crippen LogP contribution in [0.2, 0.25) is 5.02 Å². The molecular weight excluding hydrogens is 243 g/mol. The lowest BCUT2D eigenvalue weighted by Crippen LogP contribution is -2.00. The molecular formula is C9H10Cl2O2S. The zero-order chi connectivity index (χ0) is 11.1. The second-order valence-corrected chi connectivity index (χ2v) is 6.10. The van der Waals surface area contributed by atoms with Gasteiger partial charge in [-0.1, -0.05) is 17.7 Å². The molecule has 1 rings (SSSR count). The molecule has 0 saturated carbocycles. The van der Waals surface area contributed by atoms with E-state index < -0.39 is 9.05 Å². The summed E-state index contributed by atoms with van der Waals surface area (Å²) in [6.07, 6.45) is 0. The van der Waals surface area contributed by atoms with Gasteiger partial charge in [-0.3, -0.25) is 0 Å². The minimum absolute atomic E-state index is 0.120. The van der Waals surface area contributed by atoms with E-state index in [1.807, 2.05) is 6.92 Å². The van der Waals surface area contributed by atoms with Gasteiger partial charge in [-0.15, -0.1) is 0 Å². The van der Waals surface area contributed by atoms with Gasteiger partial charge in [0.25, 0.3) is 9.05 Å². The minimum Gasteiger partial charge on any atom is -0.207 e. The number of hydrogen-bond acceptors (Lipinski definition) is 2. The van der Waals surface area contributed by atoms with Gasteiger partial charge in [0.1, 0.15) is 0 Å². The number of halogens is 2. The molecule has 1 aromatic rings. The molecule has 0 heterocycles. The Hall–Kier alpha value is -0.250. The van der Waals surface area contributed by atoms with Crippen molar-refractivity contribution in [2.45, 2.75) is 25.7 Å². The van der Waals surface area contributed by atoms with Crippen molar-refractivity contribution in [1.82, 2.24) is 0 Å². The van der Waals surface area contributed by atoms with E-state index in [-0.39, 0.29) is 4.90 Å². The maximum Gasteiger partial charge on any atom is 0.261 e. The van der Waals surface area contributed by atoms with Crippen LogP contribution in [0, 0.1) is 20.8 Å². The van der Waals surface area contributed by atoms with E-state index >= 15 is 0 Å². The highest BCUT2D eigenvalue weighted by molar-refractivity contribution is 8.13. The van der Waals surface area contributed by atoms with Crippen LogP contribution in [0.15, 0.2) is 11.0 Å². The Kier molecular flexibility index (Phi) is 3.14. The average molecular weight is 253 g/mol. The maximum absolute atomic E-state index is 11.2. The summed E-state index contributed by atoms with van der Waals surface area (Å²) in [6.45, 7) is 5.18. The normalized spacial score (nSPS) is 11.8. The van der Waals surface area contributed by atoms with E-state index in [1.54, 1.807) is 19.9 Å². The Morgan fingerprint density at radius 2 is 1.64 bits per heavy atom. The van der Waals surface area contributed by atoms with Gasteiger partial charge < -0.3 is 0 Å². The van der Waals surface area contributed by atoms with Crippen molar-refractivity contribution < 1.29 is 8.42 Å². The molecule has 0 bridgehead atoms. The van der Waals surface area contributed by atoms with Crippen molar-refractivity contribution in [2.75, 3.05) is 0 Å². The lowest BCUT2D eigenvalue weighted by molar-refractivity contribution is 0.608. The first kappa shape index (κ1) is 11.8. The Morgan fingerprint density at radius 1 is 1.14 bits per heavy atom. The van der Waals surface area contributed by atoms with Crippen molar-refractivity contribution in [2.24, 2.45) is 0 Å². The molecule has 0 N–H and O–H groups in total. The van der Waals surface area contributed by atoms with Crippen molar-refractivity contribution in [3.05, 3.63) is 27.8 Å². The highest BCUT2D eigenvalue weighted by Gasteiger charge is 2.19. The van der Waals surface area contributed by atoms with Crippen LogP contribution in [-0.2, 0) is 9.05 Å². The fourth-order valence-corrected chi connectivity index (χ4v) is 3.35. The molecule has 0 radical (unpaired) electrons. The molecule has 0 aliphatic carbocycles. The van der Waals surface area contributed by atoms with Crippen LogP contribution >= 0.6 is 22.3 Å². The van der Waals surface area contributed by atoms with Crippen molar-refractivity contribution in [3.8, 4) is 0 Å². The predicted octanol–water partition coefficient (Wildman–Crippen LogP) is 3.19. The highest BCUT2D eigenvalue weighted by atomic mass is 35.7. The van der Waals surface area contributed by atoms with Crippen LogP contribution in [-0.4, -0.2) is 8.42 Å². The van der Waals surface area contributed by atoms with Crippen molar-refractivity contribution in [1.29, 1.82) is 0 Å². The molecule has 0 aromatic heterocycles. The van der Waals surface area contributed by atoms with Crippen LogP contribution in [0.4, 0.5) is 0 Å². The van der Waals surface area contributed by atoms with E-state index in [9.17, 15) is 8.42 Å². The summed E-state index contributed by atoms with van der Waals surface area (Å²) in [5.74, 6) is 0. The standard InChI is InChI=1S/C9H10Cl2O2S/c1-5-4-6(2)9(14(11,12)13)7(3)8(5)10/h4H,1-3H3. The molecule has 1 aromatic carbocycles. The first-order valence-electron chi connectivity index (χ1n) is 3.96. The van der Waals surface area contributed by atoms with E-state index in [2.05, 4.69) is 0 Å². The van der Waals surface area contributed by atoms with Gasteiger partial charge in [-0.05, 0) is 37.5 Å².